The van der Waals surface area contributed by atoms with E-state index in [0.29, 0.717) is 11.1 Å². The molecule has 2 aromatic carbocycles. The molecule has 0 atom stereocenters. The van der Waals surface area contributed by atoms with Crippen LogP contribution in [-0.4, -0.2) is 5.11 Å². The molecule has 1 radical (unpaired) electrons. The topological polar surface area (TPSA) is 20.2 Å². The molecule has 0 aliphatic carbocycles. The molecule has 0 bridgehead atoms. The first-order chi connectivity index (χ1) is 6.79. The molecule has 0 amide bonds. The van der Waals surface area contributed by atoms with Crippen LogP contribution >= 0.6 is 0 Å². The summed E-state index contributed by atoms with van der Waals surface area (Å²) in [5.74, 6) is -0.299. The highest BCUT2D eigenvalue weighted by Crippen LogP contribution is 2.29. The van der Waals surface area contributed by atoms with E-state index in [-0.39, 0.29) is 11.6 Å². The number of rotatable bonds is 1. The van der Waals surface area contributed by atoms with E-state index in [9.17, 15) is 9.50 Å². The quantitative estimate of drug-likeness (QED) is 0.727. The van der Waals surface area contributed by atoms with Crippen LogP contribution in [0.3, 0.4) is 0 Å². The van der Waals surface area contributed by atoms with Gasteiger partial charge in [-0.25, -0.2) is 4.39 Å². The van der Waals surface area contributed by atoms with Gasteiger partial charge in [0.25, 0.3) is 0 Å². The smallest absolute Gasteiger partial charge is 0.131 e. The minimum Gasteiger partial charge on any atom is -0.507 e. The van der Waals surface area contributed by atoms with Gasteiger partial charge in [0.05, 0.1) is 0 Å². The third kappa shape index (κ3) is 1.46. The molecule has 0 unspecified atom stereocenters. The van der Waals surface area contributed by atoms with E-state index in [2.05, 4.69) is 6.07 Å². The molecule has 2 heteroatoms. The van der Waals surface area contributed by atoms with Crippen molar-refractivity contribution in [1.29, 1.82) is 0 Å². The second-order valence-corrected chi connectivity index (χ2v) is 2.92. The van der Waals surface area contributed by atoms with Crippen LogP contribution in [0.1, 0.15) is 0 Å². The normalized spacial score (nSPS) is 10.1. The molecule has 0 heterocycles. The third-order valence-electron chi connectivity index (χ3n) is 2.01. The van der Waals surface area contributed by atoms with E-state index < -0.39 is 0 Å². The molecule has 0 saturated carbocycles. The van der Waals surface area contributed by atoms with Gasteiger partial charge in [-0.2, -0.15) is 0 Å². The summed E-state index contributed by atoms with van der Waals surface area (Å²) >= 11 is 0. The lowest BCUT2D eigenvalue weighted by Gasteiger charge is -2.04. The predicted octanol–water partition coefficient (Wildman–Crippen LogP) is 3.00. The highest BCUT2D eigenvalue weighted by atomic mass is 19.1. The molecule has 1 nitrogen and oxygen atoms in total. The Morgan fingerprint density at radius 3 is 2.57 bits per heavy atom. The summed E-state index contributed by atoms with van der Waals surface area (Å²) in [5, 5.41) is 9.49. The summed E-state index contributed by atoms with van der Waals surface area (Å²) < 4.78 is 13.3. The van der Waals surface area contributed by atoms with Crippen LogP contribution in [0.4, 0.5) is 4.39 Å². The number of aromatic hydroxyl groups is 1. The molecule has 2 rings (SSSR count). The lowest BCUT2D eigenvalue weighted by molar-refractivity contribution is 0.476. The average Bonchev–Trinajstić information content (AvgIpc) is 2.20. The van der Waals surface area contributed by atoms with Crippen LogP contribution in [0.15, 0.2) is 42.5 Å². The number of phenols is 1. The molecule has 0 aliphatic rings. The zero-order chi connectivity index (χ0) is 9.97. The van der Waals surface area contributed by atoms with Crippen molar-refractivity contribution in [3.05, 3.63) is 54.3 Å². The second kappa shape index (κ2) is 3.50. The van der Waals surface area contributed by atoms with Crippen LogP contribution in [0.2, 0.25) is 0 Å². The van der Waals surface area contributed by atoms with Crippen molar-refractivity contribution in [2.75, 3.05) is 0 Å². The van der Waals surface area contributed by atoms with Gasteiger partial charge in [0, 0.05) is 11.1 Å². The summed E-state index contributed by atoms with van der Waals surface area (Å²) in [4.78, 5) is 0. The monoisotopic (exact) mass is 187 g/mol. The molecule has 69 valence electrons. The summed E-state index contributed by atoms with van der Waals surface area (Å²) in [5.41, 5.74) is 0.890. The van der Waals surface area contributed by atoms with E-state index in [1.54, 1.807) is 30.3 Å². The first-order valence-corrected chi connectivity index (χ1v) is 4.23. The van der Waals surface area contributed by atoms with E-state index >= 15 is 0 Å². The minimum atomic E-state index is -0.339. The Hall–Kier alpha value is -1.83. The van der Waals surface area contributed by atoms with Crippen LogP contribution in [0.25, 0.3) is 11.1 Å². The molecule has 1 N–H and O–H groups in total. The molecule has 0 spiro atoms. The van der Waals surface area contributed by atoms with Gasteiger partial charge in [-0.15, -0.1) is 0 Å². The fraction of sp³-hybridized carbons (Fsp3) is 0. The Balaban J connectivity index is 2.61. The molecule has 0 fully saturated rings. The molecule has 14 heavy (non-hydrogen) atoms. The zero-order valence-corrected chi connectivity index (χ0v) is 7.37. The average molecular weight is 187 g/mol. The van der Waals surface area contributed by atoms with Gasteiger partial charge in [-0.05, 0) is 24.3 Å². The van der Waals surface area contributed by atoms with Crippen molar-refractivity contribution < 1.29 is 9.50 Å². The number of halogens is 1. The van der Waals surface area contributed by atoms with Gasteiger partial charge in [-0.1, -0.05) is 24.3 Å². The Kier molecular flexibility index (Phi) is 2.19. The van der Waals surface area contributed by atoms with Crippen LogP contribution < -0.4 is 0 Å². The fourth-order valence-electron chi connectivity index (χ4n) is 1.33. The molecular weight excluding hydrogens is 179 g/mol. The van der Waals surface area contributed by atoms with Crippen molar-refractivity contribution in [3.63, 3.8) is 0 Å². The third-order valence-corrected chi connectivity index (χ3v) is 2.01. The standard InChI is InChI=1S/C12H8FO/c13-11-7-3-1-5-9(11)10-6-2-4-8-12(10)14/h1-3,5-8,14H. The maximum Gasteiger partial charge on any atom is 0.131 e. The van der Waals surface area contributed by atoms with Crippen molar-refractivity contribution in [3.8, 4) is 16.9 Å². The van der Waals surface area contributed by atoms with Crippen LogP contribution in [0, 0.1) is 11.9 Å². The van der Waals surface area contributed by atoms with E-state index in [1.165, 1.54) is 12.1 Å². The van der Waals surface area contributed by atoms with Crippen molar-refractivity contribution in [2.24, 2.45) is 0 Å². The Labute approximate surface area is 81.4 Å². The number of hydrogen-bond acceptors (Lipinski definition) is 1. The van der Waals surface area contributed by atoms with Crippen molar-refractivity contribution in [1.82, 2.24) is 0 Å². The van der Waals surface area contributed by atoms with Gasteiger partial charge in [0.1, 0.15) is 11.6 Å². The molecule has 2 aromatic rings. The largest absolute Gasteiger partial charge is 0.507 e. The highest BCUT2D eigenvalue weighted by Gasteiger charge is 2.06. The summed E-state index contributed by atoms with van der Waals surface area (Å²) in [6.07, 6.45) is 0. The van der Waals surface area contributed by atoms with E-state index in [1.807, 2.05) is 0 Å². The van der Waals surface area contributed by atoms with Crippen LogP contribution in [0.5, 0.6) is 5.75 Å². The fourth-order valence-corrected chi connectivity index (χ4v) is 1.33. The first kappa shape index (κ1) is 8.75. The molecular formula is C12H8FO. The number of benzene rings is 2. The SMILES string of the molecule is Oc1c[c]ccc1-c1ccccc1F. The Morgan fingerprint density at radius 2 is 1.86 bits per heavy atom. The van der Waals surface area contributed by atoms with Crippen molar-refractivity contribution >= 4 is 0 Å². The minimum absolute atomic E-state index is 0.0394. The number of phenolic OH excluding ortho intramolecular Hbond substituents is 1. The summed E-state index contributed by atoms with van der Waals surface area (Å²) in [7, 11) is 0. The van der Waals surface area contributed by atoms with Gasteiger partial charge in [0.2, 0.25) is 0 Å². The van der Waals surface area contributed by atoms with Crippen molar-refractivity contribution in [2.45, 2.75) is 0 Å². The predicted molar refractivity (Wildman–Crippen MR) is 52.3 cm³/mol. The highest BCUT2D eigenvalue weighted by molar-refractivity contribution is 5.70. The molecule has 0 saturated heterocycles. The summed E-state index contributed by atoms with van der Waals surface area (Å²) in [6.45, 7) is 0. The van der Waals surface area contributed by atoms with E-state index in [4.69, 9.17) is 0 Å². The Bertz CT molecular complexity index is 408. The second-order valence-electron chi connectivity index (χ2n) is 2.92. The lowest BCUT2D eigenvalue weighted by atomic mass is 10.0. The molecule has 0 aliphatic heterocycles. The van der Waals surface area contributed by atoms with Gasteiger partial charge in [0.15, 0.2) is 0 Å². The maximum atomic E-state index is 13.3. The molecule has 0 aromatic heterocycles. The summed E-state index contributed by atoms with van der Waals surface area (Å²) in [6, 6.07) is 13.8. The van der Waals surface area contributed by atoms with Crippen LogP contribution in [-0.2, 0) is 0 Å². The lowest BCUT2D eigenvalue weighted by Crippen LogP contribution is -1.83. The van der Waals surface area contributed by atoms with Gasteiger partial charge in [-0.3, -0.25) is 0 Å². The van der Waals surface area contributed by atoms with E-state index in [0.717, 1.165) is 0 Å². The first-order valence-electron chi connectivity index (χ1n) is 4.23. The number of hydrogen-bond donors (Lipinski definition) is 1. The Morgan fingerprint density at radius 1 is 1.07 bits per heavy atom. The maximum absolute atomic E-state index is 13.3. The van der Waals surface area contributed by atoms with Gasteiger partial charge < -0.3 is 5.11 Å². The van der Waals surface area contributed by atoms with Gasteiger partial charge >= 0.3 is 0 Å². The zero-order valence-electron chi connectivity index (χ0n) is 7.37.